The average molecular weight is 457 g/mol. The summed E-state index contributed by atoms with van der Waals surface area (Å²) in [6.07, 6.45) is 0. The molecule has 2 heterocycles. The number of carbonyl (C=O) groups excluding carboxylic acids is 1. The summed E-state index contributed by atoms with van der Waals surface area (Å²) in [7, 11) is 0. The van der Waals surface area contributed by atoms with E-state index >= 15 is 0 Å². The van der Waals surface area contributed by atoms with Crippen molar-refractivity contribution in [2.75, 3.05) is 5.32 Å². The number of hydrogen-bond acceptors (Lipinski definition) is 4. The lowest BCUT2D eigenvalue weighted by Crippen LogP contribution is -2.13. The van der Waals surface area contributed by atoms with Crippen molar-refractivity contribution in [1.82, 2.24) is 4.98 Å². The SMILES string of the molecule is O=C(Nc1ccc(Oc2ccc(Cl)cc2)cc1)c1cc(-c2cccs2)nc2ccccc12. The predicted octanol–water partition coefficient (Wildman–Crippen LogP) is 7.66. The molecule has 0 saturated carbocycles. The number of amides is 1. The Morgan fingerprint density at radius 2 is 1.59 bits per heavy atom. The van der Waals surface area contributed by atoms with Gasteiger partial charge >= 0.3 is 0 Å². The van der Waals surface area contributed by atoms with Crippen molar-refractivity contribution in [1.29, 1.82) is 0 Å². The highest BCUT2D eigenvalue weighted by Crippen LogP contribution is 2.29. The van der Waals surface area contributed by atoms with Crippen LogP contribution in [-0.2, 0) is 0 Å². The molecule has 0 radical (unpaired) electrons. The Morgan fingerprint density at radius 3 is 2.31 bits per heavy atom. The number of aromatic nitrogens is 1. The molecule has 156 valence electrons. The summed E-state index contributed by atoms with van der Waals surface area (Å²) >= 11 is 7.51. The van der Waals surface area contributed by atoms with E-state index in [1.807, 2.05) is 72.1 Å². The van der Waals surface area contributed by atoms with Gasteiger partial charge in [0.05, 0.1) is 21.7 Å². The minimum Gasteiger partial charge on any atom is -0.457 e. The van der Waals surface area contributed by atoms with Crippen molar-refractivity contribution < 1.29 is 9.53 Å². The zero-order chi connectivity index (χ0) is 21.9. The van der Waals surface area contributed by atoms with Crippen LogP contribution in [0.25, 0.3) is 21.5 Å². The number of fused-ring (bicyclic) bond motifs is 1. The fourth-order valence-corrected chi connectivity index (χ4v) is 4.17. The molecule has 5 aromatic rings. The van der Waals surface area contributed by atoms with Crippen LogP contribution in [0.1, 0.15) is 10.4 Å². The van der Waals surface area contributed by atoms with E-state index in [2.05, 4.69) is 5.32 Å². The normalized spacial score (nSPS) is 10.8. The van der Waals surface area contributed by atoms with Gasteiger partial charge in [0, 0.05) is 16.1 Å². The lowest BCUT2D eigenvalue weighted by atomic mass is 10.1. The van der Waals surface area contributed by atoms with Crippen LogP contribution in [0.4, 0.5) is 5.69 Å². The summed E-state index contributed by atoms with van der Waals surface area (Å²) in [5.41, 5.74) is 2.84. The Hall–Kier alpha value is -3.67. The molecule has 0 aliphatic rings. The molecule has 6 heteroatoms. The average Bonchev–Trinajstić information content (AvgIpc) is 3.36. The molecule has 0 aliphatic carbocycles. The molecule has 5 rings (SSSR count). The fraction of sp³-hybridized carbons (Fsp3) is 0. The molecule has 0 bridgehead atoms. The summed E-state index contributed by atoms with van der Waals surface area (Å²) in [5, 5.41) is 6.45. The minimum absolute atomic E-state index is 0.187. The predicted molar refractivity (Wildman–Crippen MR) is 131 cm³/mol. The van der Waals surface area contributed by atoms with E-state index in [0.29, 0.717) is 27.8 Å². The molecule has 0 unspecified atom stereocenters. The van der Waals surface area contributed by atoms with Gasteiger partial charge in [0.15, 0.2) is 0 Å². The minimum atomic E-state index is -0.187. The first-order valence-corrected chi connectivity index (χ1v) is 11.2. The van der Waals surface area contributed by atoms with Gasteiger partial charge in [-0.15, -0.1) is 11.3 Å². The van der Waals surface area contributed by atoms with Crippen molar-refractivity contribution in [3.63, 3.8) is 0 Å². The quantitative estimate of drug-likeness (QED) is 0.295. The maximum Gasteiger partial charge on any atom is 0.256 e. The number of nitrogens with one attached hydrogen (secondary N) is 1. The number of rotatable bonds is 5. The third-order valence-electron chi connectivity index (χ3n) is 4.90. The van der Waals surface area contributed by atoms with Crippen LogP contribution >= 0.6 is 22.9 Å². The second-order valence-corrected chi connectivity index (χ2v) is 8.47. The number of para-hydroxylation sites is 1. The first kappa shape index (κ1) is 20.2. The van der Waals surface area contributed by atoms with Gasteiger partial charge in [0.25, 0.3) is 5.91 Å². The largest absolute Gasteiger partial charge is 0.457 e. The van der Waals surface area contributed by atoms with E-state index in [1.165, 1.54) is 0 Å². The number of hydrogen-bond donors (Lipinski definition) is 1. The lowest BCUT2D eigenvalue weighted by molar-refractivity contribution is 0.102. The molecule has 0 aliphatic heterocycles. The monoisotopic (exact) mass is 456 g/mol. The highest BCUT2D eigenvalue weighted by atomic mass is 35.5. The maximum absolute atomic E-state index is 13.2. The number of ether oxygens (including phenoxy) is 1. The third-order valence-corrected chi connectivity index (χ3v) is 6.04. The van der Waals surface area contributed by atoms with Crippen LogP contribution in [0, 0.1) is 0 Å². The number of nitrogens with zero attached hydrogens (tertiary/aromatic N) is 1. The van der Waals surface area contributed by atoms with Gasteiger partial charge in [-0.3, -0.25) is 4.79 Å². The van der Waals surface area contributed by atoms with Crippen LogP contribution in [0.2, 0.25) is 5.02 Å². The van der Waals surface area contributed by atoms with E-state index in [9.17, 15) is 4.79 Å². The third kappa shape index (κ3) is 4.35. The molecular formula is C26H17ClN2O2S. The standard InChI is InChI=1S/C26H17ClN2O2S/c27-17-7-11-19(12-8-17)31-20-13-9-18(10-14-20)28-26(30)22-16-24(25-6-3-15-32-25)29-23-5-2-1-4-21(22)23/h1-16H,(H,28,30). The van der Waals surface area contributed by atoms with Crippen LogP contribution in [0.5, 0.6) is 11.5 Å². The highest BCUT2D eigenvalue weighted by molar-refractivity contribution is 7.13. The van der Waals surface area contributed by atoms with Crippen LogP contribution in [0.3, 0.4) is 0 Å². The van der Waals surface area contributed by atoms with Gasteiger partial charge in [0.2, 0.25) is 0 Å². The van der Waals surface area contributed by atoms with E-state index in [-0.39, 0.29) is 5.91 Å². The van der Waals surface area contributed by atoms with Gasteiger partial charge in [-0.1, -0.05) is 35.9 Å². The summed E-state index contributed by atoms with van der Waals surface area (Å²) in [4.78, 5) is 18.9. The van der Waals surface area contributed by atoms with Crippen LogP contribution in [-0.4, -0.2) is 10.9 Å². The molecule has 1 amide bonds. The second-order valence-electron chi connectivity index (χ2n) is 7.08. The van der Waals surface area contributed by atoms with Crippen molar-refractivity contribution >= 4 is 45.4 Å². The van der Waals surface area contributed by atoms with Gasteiger partial charge in [-0.25, -0.2) is 4.98 Å². The first-order chi connectivity index (χ1) is 15.7. The first-order valence-electron chi connectivity index (χ1n) is 9.94. The molecule has 0 fully saturated rings. The van der Waals surface area contributed by atoms with Gasteiger partial charge < -0.3 is 10.1 Å². The molecular weight excluding hydrogens is 440 g/mol. The molecule has 2 aromatic heterocycles. The van der Waals surface area contributed by atoms with E-state index in [4.69, 9.17) is 21.3 Å². The Morgan fingerprint density at radius 1 is 0.875 bits per heavy atom. The number of benzene rings is 3. The smallest absolute Gasteiger partial charge is 0.256 e. The van der Waals surface area contributed by atoms with E-state index < -0.39 is 0 Å². The van der Waals surface area contributed by atoms with Gasteiger partial charge in [-0.05, 0) is 72.1 Å². The van der Waals surface area contributed by atoms with Crippen LogP contribution < -0.4 is 10.1 Å². The molecule has 3 aromatic carbocycles. The Kier molecular flexibility index (Phi) is 5.58. The number of halogens is 1. The fourth-order valence-electron chi connectivity index (χ4n) is 3.36. The maximum atomic E-state index is 13.2. The zero-order valence-electron chi connectivity index (χ0n) is 16.8. The van der Waals surface area contributed by atoms with Crippen LogP contribution in [0.15, 0.2) is 96.4 Å². The highest BCUT2D eigenvalue weighted by Gasteiger charge is 2.14. The molecule has 0 atom stereocenters. The topological polar surface area (TPSA) is 51.2 Å². The van der Waals surface area contributed by atoms with Crippen molar-refractivity contribution in [2.24, 2.45) is 0 Å². The Bertz CT molecular complexity index is 1380. The summed E-state index contributed by atoms with van der Waals surface area (Å²) in [6.45, 7) is 0. The number of carbonyl (C=O) groups is 1. The molecule has 4 nitrogen and oxygen atoms in total. The number of anilines is 1. The van der Waals surface area contributed by atoms with Crippen molar-refractivity contribution in [3.8, 4) is 22.1 Å². The summed E-state index contributed by atoms with van der Waals surface area (Å²) in [6, 6.07) is 27.9. The molecule has 0 spiro atoms. The van der Waals surface area contributed by atoms with Gasteiger partial charge in [-0.2, -0.15) is 0 Å². The zero-order valence-corrected chi connectivity index (χ0v) is 18.4. The lowest BCUT2D eigenvalue weighted by Gasteiger charge is -2.11. The molecule has 32 heavy (non-hydrogen) atoms. The number of thiophene rings is 1. The van der Waals surface area contributed by atoms with Gasteiger partial charge in [0.1, 0.15) is 11.5 Å². The number of pyridine rings is 1. The Labute approximate surface area is 194 Å². The second kappa shape index (κ2) is 8.83. The Balaban J connectivity index is 1.39. The molecule has 0 saturated heterocycles. The van der Waals surface area contributed by atoms with Crippen molar-refractivity contribution in [2.45, 2.75) is 0 Å². The van der Waals surface area contributed by atoms with Crippen molar-refractivity contribution in [3.05, 3.63) is 107 Å². The summed E-state index contributed by atoms with van der Waals surface area (Å²) < 4.78 is 5.81. The summed E-state index contributed by atoms with van der Waals surface area (Å²) in [5.74, 6) is 1.17. The van der Waals surface area contributed by atoms with E-state index in [1.54, 1.807) is 35.6 Å². The molecule has 1 N–H and O–H groups in total. The van der Waals surface area contributed by atoms with E-state index in [0.717, 1.165) is 21.5 Å².